The summed E-state index contributed by atoms with van der Waals surface area (Å²) >= 11 is 0. The smallest absolute Gasteiger partial charge is 0.321 e. The molecule has 110 valence electrons. The highest BCUT2D eigenvalue weighted by molar-refractivity contribution is 5.89. The summed E-state index contributed by atoms with van der Waals surface area (Å²) in [6, 6.07) is 7.16. The molecule has 2 aromatic rings. The number of likely N-dealkylation sites (tertiary alicyclic amines) is 1. The second-order valence-electron chi connectivity index (χ2n) is 5.07. The first-order valence-corrected chi connectivity index (χ1v) is 6.93. The van der Waals surface area contributed by atoms with E-state index in [1.54, 1.807) is 22.0 Å². The van der Waals surface area contributed by atoms with Gasteiger partial charge in [0.15, 0.2) is 0 Å². The Morgan fingerprint density at radius 2 is 2.14 bits per heavy atom. The Labute approximate surface area is 122 Å². The maximum atomic E-state index is 12.1. The van der Waals surface area contributed by atoms with Crippen LogP contribution in [0.15, 0.2) is 36.7 Å². The zero-order chi connectivity index (χ0) is 14.7. The van der Waals surface area contributed by atoms with Crippen LogP contribution in [-0.4, -0.2) is 50.2 Å². The van der Waals surface area contributed by atoms with Crippen LogP contribution in [0, 0.1) is 0 Å². The fourth-order valence-electron chi connectivity index (χ4n) is 2.39. The molecule has 0 bridgehead atoms. The third kappa shape index (κ3) is 3.19. The molecule has 1 fully saturated rings. The molecule has 7 nitrogen and oxygen atoms in total. The van der Waals surface area contributed by atoms with Crippen molar-refractivity contribution in [3.63, 3.8) is 0 Å². The fraction of sp³-hybridized carbons (Fsp3) is 0.357. The van der Waals surface area contributed by atoms with Gasteiger partial charge in [0.2, 0.25) is 0 Å². The zero-order valence-electron chi connectivity index (χ0n) is 11.5. The molecule has 1 unspecified atom stereocenters. The van der Waals surface area contributed by atoms with Crippen molar-refractivity contribution < 1.29 is 9.90 Å². The molecule has 1 aliphatic rings. The minimum Gasteiger partial charge on any atom is -0.391 e. The van der Waals surface area contributed by atoms with Crippen LogP contribution in [0.2, 0.25) is 0 Å². The third-order valence-electron chi connectivity index (χ3n) is 3.49. The summed E-state index contributed by atoms with van der Waals surface area (Å²) in [4.78, 5) is 13.7. The van der Waals surface area contributed by atoms with E-state index in [1.807, 2.05) is 24.3 Å². The van der Waals surface area contributed by atoms with Crippen LogP contribution in [0.1, 0.15) is 12.8 Å². The predicted octanol–water partition coefficient (Wildman–Crippen LogP) is 1.26. The van der Waals surface area contributed by atoms with Gasteiger partial charge in [-0.1, -0.05) is 5.21 Å². The van der Waals surface area contributed by atoms with Crippen molar-refractivity contribution in [1.82, 2.24) is 19.9 Å². The number of benzene rings is 1. The highest BCUT2D eigenvalue weighted by atomic mass is 16.3. The van der Waals surface area contributed by atoms with Crippen LogP contribution in [0.3, 0.4) is 0 Å². The maximum Gasteiger partial charge on any atom is 0.321 e. The molecule has 2 heterocycles. The van der Waals surface area contributed by atoms with E-state index in [-0.39, 0.29) is 6.03 Å². The predicted molar refractivity (Wildman–Crippen MR) is 77.2 cm³/mol. The topological polar surface area (TPSA) is 83.3 Å². The number of carbonyl (C=O) groups excluding carboxylic acids is 1. The minimum atomic E-state index is -0.417. The molecular weight excluding hydrogens is 270 g/mol. The van der Waals surface area contributed by atoms with E-state index in [2.05, 4.69) is 15.6 Å². The Morgan fingerprint density at radius 1 is 1.33 bits per heavy atom. The van der Waals surface area contributed by atoms with Gasteiger partial charge in [0.05, 0.1) is 24.2 Å². The van der Waals surface area contributed by atoms with Gasteiger partial charge in [0.25, 0.3) is 0 Å². The first-order valence-electron chi connectivity index (χ1n) is 6.93. The second kappa shape index (κ2) is 5.92. The van der Waals surface area contributed by atoms with E-state index in [9.17, 15) is 9.90 Å². The summed E-state index contributed by atoms with van der Waals surface area (Å²) in [5, 5.41) is 20.1. The number of carbonyl (C=O) groups is 1. The monoisotopic (exact) mass is 287 g/mol. The Hall–Kier alpha value is -2.41. The number of hydrogen-bond acceptors (Lipinski definition) is 4. The van der Waals surface area contributed by atoms with Crippen molar-refractivity contribution in [1.29, 1.82) is 0 Å². The van der Waals surface area contributed by atoms with Crippen LogP contribution in [0.25, 0.3) is 5.69 Å². The summed E-state index contributed by atoms with van der Waals surface area (Å²) in [5.41, 5.74) is 1.59. The molecule has 1 aromatic carbocycles. The standard InChI is InChI=1S/C14H17N5O2/c20-13-2-1-8-18(10-13)14(21)16-11-3-5-12(6-4-11)19-9-7-15-17-19/h3-7,9,13,20H,1-2,8,10H2,(H,16,21). The van der Waals surface area contributed by atoms with Gasteiger partial charge in [-0.15, -0.1) is 5.10 Å². The van der Waals surface area contributed by atoms with Gasteiger partial charge in [-0.25, -0.2) is 9.48 Å². The average molecular weight is 287 g/mol. The molecule has 1 saturated heterocycles. The molecule has 1 aliphatic heterocycles. The van der Waals surface area contributed by atoms with Gasteiger partial charge in [0, 0.05) is 18.8 Å². The molecule has 1 atom stereocenters. The number of piperidine rings is 1. The molecular formula is C14H17N5O2. The number of aliphatic hydroxyl groups is 1. The van der Waals surface area contributed by atoms with Gasteiger partial charge in [-0.05, 0) is 37.1 Å². The van der Waals surface area contributed by atoms with Gasteiger partial charge in [-0.2, -0.15) is 0 Å². The van der Waals surface area contributed by atoms with E-state index >= 15 is 0 Å². The Kier molecular flexibility index (Phi) is 3.83. The summed E-state index contributed by atoms with van der Waals surface area (Å²) in [7, 11) is 0. The summed E-state index contributed by atoms with van der Waals surface area (Å²) in [6.45, 7) is 1.07. The first kappa shape index (κ1) is 13.6. The van der Waals surface area contributed by atoms with Gasteiger partial charge < -0.3 is 15.3 Å². The molecule has 7 heteroatoms. The van der Waals surface area contributed by atoms with Crippen LogP contribution < -0.4 is 5.32 Å². The molecule has 21 heavy (non-hydrogen) atoms. The number of nitrogens with one attached hydrogen (secondary N) is 1. The van der Waals surface area contributed by atoms with Crippen molar-refractivity contribution >= 4 is 11.7 Å². The van der Waals surface area contributed by atoms with Gasteiger partial charge in [0.1, 0.15) is 0 Å². The first-order chi connectivity index (χ1) is 10.2. The van der Waals surface area contributed by atoms with Crippen LogP contribution in [0.4, 0.5) is 10.5 Å². The van der Waals surface area contributed by atoms with E-state index in [1.165, 1.54) is 0 Å². The van der Waals surface area contributed by atoms with E-state index < -0.39 is 6.10 Å². The van der Waals surface area contributed by atoms with Crippen molar-refractivity contribution in [2.75, 3.05) is 18.4 Å². The van der Waals surface area contributed by atoms with Gasteiger partial charge >= 0.3 is 6.03 Å². The zero-order valence-corrected chi connectivity index (χ0v) is 11.5. The number of aliphatic hydroxyl groups excluding tert-OH is 1. The van der Waals surface area contributed by atoms with Crippen LogP contribution in [0.5, 0.6) is 0 Å². The van der Waals surface area contributed by atoms with Crippen molar-refractivity contribution in [2.45, 2.75) is 18.9 Å². The van der Waals surface area contributed by atoms with Crippen molar-refractivity contribution in [3.05, 3.63) is 36.7 Å². The number of β-amino-alcohol motifs (C(OH)–C–C–N with tert-alkyl or cyclic N) is 1. The highest BCUT2D eigenvalue weighted by Crippen LogP contribution is 2.15. The van der Waals surface area contributed by atoms with Gasteiger partial charge in [-0.3, -0.25) is 0 Å². The molecule has 3 rings (SSSR count). The lowest BCUT2D eigenvalue weighted by atomic mass is 10.1. The molecule has 0 aliphatic carbocycles. The van der Waals surface area contributed by atoms with Crippen molar-refractivity contribution in [2.24, 2.45) is 0 Å². The van der Waals surface area contributed by atoms with Crippen LogP contribution in [-0.2, 0) is 0 Å². The SMILES string of the molecule is O=C(Nc1ccc(-n2ccnn2)cc1)N1CCCC(O)C1. The Morgan fingerprint density at radius 3 is 2.81 bits per heavy atom. The normalized spacial score (nSPS) is 18.5. The van der Waals surface area contributed by atoms with Crippen LogP contribution >= 0.6 is 0 Å². The number of rotatable bonds is 2. The number of nitrogens with zero attached hydrogens (tertiary/aromatic N) is 4. The molecule has 1 aromatic heterocycles. The average Bonchev–Trinajstić information content (AvgIpc) is 3.02. The number of urea groups is 1. The number of anilines is 1. The quantitative estimate of drug-likeness (QED) is 0.871. The summed E-state index contributed by atoms with van der Waals surface area (Å²) in [5.74, 6) is 0. The van der Waals surface area contributed by atoms with E-state index in [0.717, 1.165) is 18.5 Å². The number of amides is 2. The fourth-order valence-corrected chi connectivity index (χ4v) is 2.39. The third-order valence-corrected chi connectivity index (χ3v) is 3.49. The molecule has 2 amide bonds. The lowest BCUT2D eigenvalue weighted by molar-refractivity contribution is 0.0883. The minimum absolute atomic E-state index is 0.178. The molecule has 0 spiro atoms. The summed E-state index contributed by atoms with van der Waals surface area (Å²) < 4.78 is 1.65. The maximum absolute atomic E-state index is 12.1. The van der Waals surface area contributed by atoms with E-state index in [4.69, 9.17) is 0 Å². The largest absolute Gasteiger partial charge is 0.391 e. The Balaban J connectivity index is 1.63. The lowest BCUT2D eigenvalue weighted by Crippen LogP contribution is -2.44. The highest BCUT2D eigenvalue weighted by Gasteiger charge is 2.21. The molecule has 2 N–H and O–H groups in total. The number of hydrogen-bond donors (Lipinski definition) is 2. The van der Waals surface area contributed by atoms with E-state index in [0.29, 0.717) is 18.8 Å². The van der Waals surface area contributed by atoms with Crippen molar-refractivity contribution in [3.8, 4) is 5.69 Å². The Bertz CT molecular complexity index is 596. The summed E-state index contributed by atoms with van der Waals surface area (Å²) in [6.07, 6.45) is 4.54. The molecule has 0 radical (unpaired) electrons. The lowest BCUT2D eigenvalue weighted by Gasteiger charge is -2.30. The number of aromatic nitrogens is 3. The second-order valence-corrected chi connectivity index (χ2v) is 5.07. The molecule has 0 saturated carbocycles.